The Morgan fingerprint density at radius 2 is 1.75 bits per heavy atom. The van der Waals surface area contributed by atoms with Crippen LogP contribution in [-0.2, 0) is 12.5 Å². The monoisotopic (exact) mass is 289 g/mol. The summed E-state index contributed by atoms with van der Waals surface area (Å²) in [7, 11) is 2.03. The second kappa shape index (κ2) is 6.00. The minimum Gasteiger partial charge on any atom is -0.305 e. The maximum Gasteiger partial charge on any atom is 0.191 e. The van der Waals surface area contributed by atoms with Crippen molar-refractivity contribution >= 4 is 11.8 Å². The van der Waals surface area contributed by atoms with Crippen LogP contribution in [-0.4, -0.2) is 20.5 Å². The minimum absolute atomic E-state index is 0.181. The van der Waals surface area contributed by atoms with Crippen LogP contribution in [0.1, 0.15) is 39.7 Å². The number of thioether (sulfide) groups is 1. The second-order valence-corrected chi connectivity index (χ2v) is 7.10. The molecule has 1 aromatic heterocycles. The summed E-state index contributed by atoms with van der Waals surface area (Å²) in [6.07, 6.45) is 1.15. The van der Waals surface area contributed by atoms with Crippen molar-refractivity contribution < 1.29 is 0 Å². The normalized spacial score (nSPS) is 11.8. The first kappa shape index (κ1) is 15.1. The molecule has 0 fully saturated rings. The van der Waals surface area contributed by atoms with Gasteiger partial charge in [-0.25, -0.2) is 0 Å². The molecule has 4 heteroatoms. The molecule has 0 saturated carbocycles. The predicted molar refractivity (Wildman–Crippen MR) is 86.2 cm³/mol. The standard InChI is InChI=1S/C16H23N3S/c1-6-11-20-15-18-17-14(19(15)5)12-7-9-13(10-8-12)16(2,3)4/h7-10H,6,11H2,1-5H3. The van der Waals surface area contributed by atoms with Gasteiger partial charge in [0.25, 0.3) is 0 Å². The zero-order chi connectivity index (χ0) is 14.8. The summed E-state index contributed by atoms with van der Waals surface area (Å²) in [5.74, 6) is 2.01. The molecule has 20 heavy (non-hydrogen) atoms. The van der Waals surface area contributed by atoms with Crippen LogP contribution in [0.2, 0.25) is 0 Å². The van der Waals surface area contributed by atoms with E-state index in [-0.39, 0.29) is 5.41 Å². The van der Waals surface area contributed by atoms with Crippen LogP contribution in [0.25, 0.3) is 11.4 Å². The van der Waals surface area contributed by atoms with Crippen molar-refractivity contribution in [2.75, 3.05) is 5.75 Å². The average Bonchev–Trinajstić information content (AvgIpc) is 2.77. The van der Waals surface area contributed by atoms with Crippen molar-refractivity contribution in [3.05, 3.63) is 29.8 Å². The lowest BCUT2D eigenvalue weighted by Gasteiger charge is -2.19. The molecule has 0 aliphatic heterocycles. The second-order valence-electron chi connectivity index (χ2n) is 6.04. The first-order valence-corrected chi connectivity index (χ1v) is 8.05. The molecule has 0 aliphatic carbocycles. The maximum absolute atomic E-state index is 4.32. The molecule has 0 atom stereocenters. The van der Waals surface area contributed by atoms with Gasteiger partial charge in [-0.3, -0.25) is 0 Å². The molecule has 0 aliphatic rings. The molecule has 0 saturated heterocycles. The molecule has 0 spiro atoms. The van der Waals surface area contributed by atoms with Gasteiger partial charge in [-0.15, -0.1) is 10.2 Å². The lowest BCUT2D eigenvalue weighted by molar-refractivity contribution is 0.590. The van der Waals surface area contributed by atoms with Gasteiger partial charge in [0.15, 0.2) is 11.0 Å². The topological polar surface area (TPSA) is 30.7 Å². The zero-order valence-corrected chi connectivity index (χ0v) is 13.8. The van der Waals surface area contributed by atoms with Crippen LogP contribution >= 0.6 is 11.8 Å². The number of hydrogen-bond acceptors (Lipinski definition) is 3. The van der Waals surface area contributed by atoms with E-state index in [1.807, 2.05) is 7.05 Å². The number of hydrogen-bond donors (Lipinski definition) is 0. The van der Waals surface area contributed by atoms with E-state index in [9.17, 15) is 0 Å². The molecule has 1 heterocycles. The molecule has 3 nitrogen and oxygen atoms in total. The first-order valence-electron chi connectivity index (χ1n) is 7.06. The number of benzene rings is 1. The fourth-order valence-electron chi connectivity index (χ4n) is 2.00. The van der Waals surface area contributed by atoms with E-state index in [4.69, 9.17) is 0 Å². The Balaban J connectivity index is 2.26. The number of aromatic nitrogens is 3. The van der Waals surface area contributed by atoms with Crippen molar-refractivity contribution in [2.45, 2.75) is 44.7 Å². The van der Waals surface area contributed by atoms with E-state index in [0.717, 1.165) is 28.7 Å². The fourth-order valence-corrected chi connectivity index (χ4v) is 2.77. The van der Waals surface area contributed by atoms with Crippen molar-refractivity contribution in [1.82, 2.24) is 14.8 Å². The Morgan fingerprint density at radius 1 is 1.10 bits per heavy atom. The van der Waals surface area contributed by atoms with Crippen LogP contribution in [0.5, 0.6) is 0 Å². The van der Waals surface area contributed by atoms with Crippen LogP contribution in [0.15, 0.2) is 29.4 Å². The predicted octanol–water partition coefficient (Wildman–Crippen LogP) is 4.28. The van der Waals surface area contributed by atoms with Gasteiger partial charge in [0, 0.05) is 18.4 Å². The molecular weight excluding hydrogens is 266 g/mol. The van der Waals surface area contributed by atoms with E-state index in [1.54, 1.807) is 11.8 Å². The quantitative estimate of drug-likeness (QED) is 0.787. The Kier molecular flexibility index (Phi) is 4.53. The SMILES string of the molecule is CCCSc1nnc(-c2ccc(C(C)(C)C)cc2)n1C. The summed E-state index contributed by atoms with van der Waals surface area (Å²) in [6, 6.07) is 8.64. The lowest BCUT2D eigenvalue weighted by atomic mass is 9.87. The molecule has 1 aromatic carbocycles. The highest BCUT2D eigenvalue weighted by Crippen LogP contribution is 2.27. The molecule has 0 N–H and O–H groups in total. The molecular formula is C16H23N3S. The van der Waals surface area contributed by atoms with E-state index in [1.165, 1.54) is 5.56 Å². The van der Waals surface area contributed by atoms with E-state index < -0.39 is 0 Å². The summed E-state index contributed by atoms with van der Waals surface area (Å²) in [4.78, 5) is 0. The van der Waals surface area contributed by atoms with E-state index >= 15 is 0 Å². The largest absolute Gasteiger partial charge is 0.305 e. The highest BCUT2D eigenvalue weighted by Gasteiger charge is 2.15. The average molecular weight is 289 g/mol. The summed E-state index contributed by atoms with van der Waals surface area (Å²) in [5.41, 5.74) is 2.64. The van der Waals surface area contributed by atoms with Crippen LogP contribution in [0.3, 0.4) is 0 Å². The lowest BCUT2D eigenvalue weighted by Crippen LogP contribution is -2.10. The van der Waals surface area contributed by atoms with Crippen molar-refractivity contribution in [3.63, 3.8) is 0 Å². The van der Waals surface area contributed by atoms with E-state index in [0.29, 0.717) is 0 Å². The molecule has 0 bridgehead atoms. The van der Waals surface area contributed by atoms with Gasteiger partial charge in [-0.1, -0.05) is 63.7 Å². The molecule has 0 amide bonds. The Labute approximate surface area is 125 Å². The minimum atomic E-state index is 0.181. The van der Waals surface area contributed by atoms with Gasteiger partial charge in [-0.2, -0.15) is 0 Å². The summed E-state index contributed by atoms with van der Waals surface area (Å²) >= 11 is 1.76. The highest BCUT2D eigenvalue weighted by molar-refractivity contribution is 7.99. The van der Waals surface area contributed by atoms with Gasteiger partial charge >= 0.3 is 0 Å². The number of nitrogens with zero attached hydrogens (tertiary/aromatic N) is 3. The van der Waals surface area contributed by atoms with Gasteiger partial charge in [0.05, 0.1) is 0 Å². The fraction of sp³-hybridized carbons (Fsp3) is 0.500. The zero-order valence-electron chi connectivity index (χ0n) is 13.0. The third-order valence-electron chi connectivity index (χ3n) is 3.28. The van der Waals surface area contributed by atoms with Crippen molar-refractivity contribution in [2.24, 2.45) is 7.05 Å². The van der Waals surface area contributed by atoms with Crippen LogP contribution in [0, 0.1) is 0 Å². The van der Waals surface area contributed by atoms with Gasteiger partial charge in [-0.05, 0) is 17.4 Å². The summed E-state index contributed by atoms with van der Waals surface area (Å²) in [6.45, 7) is 8.85. The number of rotatable bonds is 4. The smallest absolute Gasteiger partial charge is 0.191 e. The Bertz CT molecular complexity index is 564. The van der Waals surface area contributed by atoms with Gasteiger partial charge < -0.3 is 4.57 Å². The highest BCUT2D eigenvalue weighted by atomic mass is 32.2. The van der Waals surface area contributed by atoms with Gasteiger partial charge in [0.2, 0.25) is 0 Å². The summed E-state index contributed by atoms with van der Waals surface area (Å²) < 4.78 is 2.08. The third-order valence-corrected chi connectivity index (χ3v) is 4.51. The van der Waals surface area contributed by atoms with Crippen molar-refractivity contribution in [3.8, 4) is 11.4 Å². The molecule has 2 rings (SSSR count). The molecule has 2 aromatic rings. The molecule has 108 valence electrons. The first-order chi connectivity index (χ1) is 9.43. The third kappa shape index (κ3) is 3.23. The van der Waals surface area contributed by atoms with Crippen molar-refractivity contribution in [1.29, 1.82) is 0 Å². The van der Waals surface area contributed by atoms with Gasteiger partial charge in [0.1, 0.15) is 0 Å². The Hall–Kier alpha value is -1.29. The van der Waals surface area contributed by atoms with E-state index in [2.05, 4.69) is 66.7 Å². The van der Waals surface area contributed by atoms with Crippen LogP contribution < -0.4 is 0 Å². The molecule has 0 radical (unpaired) electrons. The maximum atomic E-state index is 4.32. The van der Waals surface area contributed by atoms with Crippen LogP contribution in [0.4, 0.5) is 0 Å². The Morgan fingerprint density at radius 3 is 2.30 bits per heavy atom. The molecule has 0 unspecified atom stereocenters. The summed E-state index contributed by atoms with van der Waals surface area (Å²) in [5, 5.41) is 9.59.